The van der Waals surface area contributed by atoms with Gasteiger partial charge in [0.25, 0.3) is 0 Å². The van der Waals surface area contributed by atoms with Crippen molar-refractivity contribution in [2.24, 2.45) is 17.7 Å². The summed E-state index contributed by atoms with van der Waals surface area (Å²) in [5, 5.41) is 3.44. The van der Waals surface area contributed by atoms with Crippen molar-refractivity contribution in [3.63, 3.8) is 0 Å². The normalized spacial score (nSPS) is 22.9. The quantitative estimate of drug-likeness (QED) is 0.588. The largest absolute Gasteiger partial charge is 0.367 e. The molecule has 1 fully saturated rings. The molecule has 6 nitrogen and oxygen atoms in total. The second-order valence-electron chi connectivity index (χ2n) is 5.78. The van der Waals surface area contributed by atoms with Gasteiger partial charge in [0, 0.05) is 18.9 Å². The van der Waals surface area contributed by atoms with Gasteiger partial charge in [0.1, 0.15) is 0 Å². The zero-order valence-electron chi connectivity index (χ0n) is 11.8. The van der Waals surface area contributed by atoms with Gasteiger partial charge in [-0.1, -0.05) is 19.8 Å². The Balaban J connectivity index is 1.71. The van der Waals surface area contributed by atoms with Gasteiger partial charge in [-0.15, -0.1) is 0 Å². The first kappa shape index (κ1) is 13.2. The molecule has 0 aromatic carbocycles. The third-order valence-electron chi connectivity index (χ3n) is 4.22. The molecule has 1 aliphatic rings. The molecule has 108 valence electrons. The lowest BCUT2D eigenvalue weighted by atomic mass is 9.83. The predicted molar refractivity (Wildman–Crippen MR) is 80.4 cm³/mol. The van der Waals surface area contributed by atoms with Crippen molar-refractivity contribution in [2.45, 2.75) is 32.6 Å². The van der Waals surface area contributed by atoms with E-state index < -0.39 is 0 Å². The second-order valence-corrected chi connectivity index (χ2v) is 5.78. The molecule has 0 spiro atoms. The summed E-state index contributed by atoms with van der Waals surface area (Å²) in [6, 6.07) is 0. The first-order valence-corrected chi connectivity index (χ1v) is 7.30. The Labute approximate surface area is 118 Å². The molecule has 3 rings (SSSR count). The van der Waals surface area contributed by atoms with E-state index in [0.29, 0.717) is 5.82 Å². The molecule has 1 aliphatic carbocycles. The van der Waals surface area contributed by atoms with Crippen molar-refractivity contribution in [3.05, 3.63) is 18.6 Å². The Kier molecular flexibility index (Phi) is 3.73. The molecule has 2 aromatic rings. The van der Waals surface area contributed by atoms with Crippen molar-refractivity contribution in [3.8, 4) is 0 Å². The van der Waals surface area contributed by atoms with Crippen LogP contribution in [0.15, 0.2) is 18.6 Å². The van der Waals surface area contributed by atoms with Crippen LogP contribution < -0.4 is 16.6 Å². The third kappa shape index (κ3) is 2.70. The van der Waals surface area contributed by atoms with E-state index in [1.54, 1.807) is 6.20 Å². The molecule has 0 saturated heterocycles. The van der Waals surface area contributed by atoms with E-state index in [4.69, 9.17) is 5.84 Å². The van der Waals surface area contributed by atoms with Gasteiger partial charge < -0.3 is 15.1 Å². The van der Waals surface area contributed by atoms with E-state index >= 15 is 0 Å². The molecule has 1 saturated carbocycles. The Morgan fingerprint density at radius 3 is 2.90 bits per heavy atom. The van der Waals surface area contributed by atoms with Crippen LogP contribution in [0.25, 0.3) is 5.65 Å². The second kappa shape index (κ2) is 5.66. The van der Waals surface area contributed by atoms with E-state index in [-0.39, 0.29) is 0 Å². The summed E-state index contributed by atoms with van der Waals surface area (Å²) < 4.78 is 1.92. The number of fused-ring (bicyclic) bond motifs is 1. The number of hydrogen-bond donors (Lipinski definition) is 3. The number of aromatic nitrogens is 3. The van der Waals surface area contributed by atoms with Crippen LogP contribution in [0.1, 0.15) is 32.6 Å². The fourth-order valence-corrected chi connectivity index (χ4v) is 2.89. The molecule has 0 amide bonds. The molecule has 0 atom stereocenters. The topological polar surface area (TPSA) is 80.3 Å². The van der Waals surface area contributed by atoms with Crippen molar-refractivity contribution < 1.29 is 0 Å². The molecule has 4 N–H and O–H groups in total. The molecule has 2 aromatic heterocycles. The lowest BCUT2D eigenvalue weighted by molar-refractivity contribution is 0.300. The maximum atomic E-state index is 5.46. The molecule has 6 heteroatoms. The van der Waals surface area contributed by atoms with Crippen LogP contribution in [0.5, 0.6) is 0 Å². The van der Waals surface area contributed by atoms with Gasteiger partial charge in [-0.2, -0.15) is 0 Å². The van der Waals surface area contributed by atoms with Gasteiger partial charge in [0.05, 0.1) is 6.20 Å². The molecule has 0 bridgehead atoms. The molecular formula is C14H22N6. The van der Waals surface area contributed by atoms with Gasteiger partial charge >= 0.3 is 0 Å². The van der Waals surface area contributed by atoms with Crippen LogP contribution in [0, 0.1) is 11.8 Å². The van der Waals surface area contributed by atoms with E-state index in [0.717, 1.165) is 29.8 Å². The first-order chi connectivity index (χ1) is 9.76. The maximum absolute atomic E-state index is 5.46. The number of nitrogens with zero attached hydrogens (tertiary/aromatic N) is 3. The van der Waals surface area contributed by atoms with Gasteiger partial charge in [0.2, 0.25) is 0 Å². The number of anilines is 2. The lowest BCUT2D eigenvalue weighted by Crippen LogP contribution is -2.21. The molecule has 0 aliphatic heterocycles. The highest BCUT2D eigenvalue weighted by Gasteiger charge is 2.18. The number of imidazole rings is 1. The molecule has 20 heavy (non-hydrogen) atoms. The van der Waals surface area contributed by atoms with Crippen LogP contribution in [-0.2, 0) is 0 Å². The van der Waals surface area contributed by atoms with E-state index in [2.05, 4.69) is 27.6 Å². The number of nitrogens with two attached hydrogens (primary N) is 1. The number of hydrogen-bond acceptors (Lipinski definition) is 5. The summed E-state index contributed by atoms with van der Waals surface area (Å²) in [4.78, 5) is 8.80. The van der Waals surface area contributed by atoms with Crippen molar-refractivity contribution in [1.29, 1.82) is 0 Å². The minimum atomic E-state index is 0.635. The summed E-state index contributed by atoms with van der Waals surface area (Å²) in [5.41, 5.74) is 3.43. The Morgan fingerprint density at radius 2 is 2.15 bits per heavy atom. The van der Waals surface area contributed by atoms with Gasteiger partial charge in [0.15, 0.2) is 17.3 Å². The minimum absolute atomic E-state index is 0.635. The zero-order valence-corrected chi connectivity index (χ0v) is 11.8. The Morgan fingerprint density at radius 1 is 1.35 bits per heavy atom. The highest BCUT2D eigenvalue weighted by Crippen LogP contribution is 2.28. The number of hydrazine groups is 1. The standard InChI is InChI=1S/C14H22N6/c1-10-2-4-11(5-3-10)8-17-13-14-16-6-7-20(14)9-12(18-13)19-15/h6-7,9-11,19H,2-5,8,15H2,1H3,(H,17,18). The van der Waals surface area contributed by atoms with Crippen LogP contribution in [0.4, 0.5) is 11.6 Å². The monoisotopic (exact) mass is 274 g/mol. The third-order valence-corrected chi connectivity index (χ3v) is 4.22. The number of nitrogens with one attached hydrogen (secondary N) is 2. The maximum Gasteiger partial charge on any atom is 0.180 e. The van der Waals surface area contributed by atoms with Gasteiger partial charge in [-0.25, -0.2) is 15.8 Å². The summed E-state index contributed by atoms with van der Waals surface area (Å²) in [5.74, 6) is 8.50. The Bertz CT molecular complexity index is 570. The fourth-order valence-electron chi connectivity index (χ4n) is 2.89. The van der Waals surface area contributed by atoms with Gasteiger partial charge in [-0.3, -0.25) is 0 Å². The van der Waals surface area contributed by atoms with Crippen molar-refractivity contribution in [1.82, 2.24) is 14.4 Å². The molecule has 2 heterocycles. The smallest absolute Gasteiger partial charge is 0.180 e. The van der Waals surface area contributed by atoms with Crippen molar-refractivity contribution in [2.75, 3.05) is 17.3 Å². The average Bonchev–Trinajstić information content (AvgIpc) is 2.94. The molecule has 0 unspecified atom stereocenters. The first-order valence-electron chi connectivity index (χ1n) is 7.30. The average molecular weight is 274 g/mol. The summed E-state index contributed by atoms with van der Waals surface area (Å²) in [6.45, 7) is 3.30. The van der Waals surface area contributed by atoms with Gasteiger partial charge in [-0.05, 0) is 24.7 Å². The highest BCUT2D eigenvalue weighted by atomic mass is 15.3. The summed E-state index contributed by atoms with van der Waals surface area (Å²) in [7, 11) is 0. The number of rotatable bonds is 4. The zero-order chi connectivity index (χ0) is 13.9. The van der Waals surface area contributed by atoms with E-state index in [1.165, 1.54) is 25.7 Å². The van der Waals surface area contributed by atoms with Crippen LogP contribution >= 0.6 is 0 Å². The fraction of sp³-hybridized carbons (Fsp3) is 0.571. The lowest BCUT2D eigenvalue weighted by Gasteiger charge is -2.26. The number of nitrogen functional groups attached to an aromatic ring is 1. The van der Waals surface area contributed by atoms with E-state index in [1.807, 2.05) is 16.8 Å². The Hall–Kier alpha value is -1.82. The van der Waals surface area contributed by atoms with Crippen molar-refractivity contribution >= 4 is 17.3 Å². The van der Waals surface area contributed by atoms with Crippen LogP contribution in [0.2, 0.25) is 0 Å². The predicted octanol–water partition coefficient (Wildman–Crippen LogP) is 2.25. The van der Waals surface area contributed by atoms with Crippen LogP contribution in [-0.4, -0.2) is 20.9 Å². The van der Waals surface area contributed by atoms with Crippen LogP contribution in [0.3, 0.4) is 0 Å². The van der Waals surface area contributed by atoms with E-state index in [9.17, 15) is 0 Å². The highest BCUT2D eigenvalue weighted by molar-refractivity contribution is 5.65. The SMILES string of the molecule is CC1CCC(CNc2nc(NN)cn3ccnc23)CC1. The minimum Gasteiger partial charge on any atom is -0.367 e. The molecular weight excluding hydrogens is 252 g/mol. The summed E-state index contributed by atoms with van der Waals surface area (Å²) >= 11 is 0. The summed E-state index contributed by atoms with van der Waals surface area (Å²) in [6.07, 6.45) is 10.8. The molecule has 0 radical (unpaired) electrons.